The summed E-state index contributed by atoms with van der Waals surface area (Å²) in [6.07, 6.45) is 4.64. The fourth-order valence-electron chi connectivity index (χ4n) is 2.26. The zero-order chi connectivity index (χ0) is 15.1. The highest BCUT2D eigenvalue weighted by Crippen LogP contribution is 2.34. The maximum Gasteiger partial charge on any atom is 0.161 e. The summed E-state index contributed by atoms with van der Waals surface area (Å²) in [5, 5.41) is 14.2. The lowest BCUT2D eigenvalue weighted by molar-refractivity contribution is 0.283. The number of rotatable bonds is 8. The highest BCUT2D eigenvalue weighted by Gasteiger charge is 2.09. The van der Waals surface area contributed by atoms with Gasteiger partial charge in [0.05, 0.1) is 14.2 Å². The van der Waals surface area contributed by atoms with Gasteiger partial charge in [0.2, 0.25) is 0 Å². The van der Waals surface area contributed by atoms with Crippen molar-refractivity contribution in [1.29, 1.82) is 0 Å². The Morgan fingerprint density at radius 3 is 2.57 bits per heavy atom. The van der Waals surface area contributed by atoms with Crippen LogP contribution in [-0.4, -0.2) is 37.5 Å². The monoisotopic (exact) mass is 290 g/mol. The smallest absolute Gasteiger partial charge is 0.161 e. The topological polar surface area (TPSA) is 63.6 Å². The molecule has 0 bridgehead atoms. The molecule has 5 nitrogen and oxygen atoms in total. The number of ether oxygens (including phenoxy) is 2. The number of pyridine rings is 1. The van der Waals surface area contributed by atoms with Gasteiger partial charge in [-0.05, 0) is 42.8 Å². The molecule has 0 spiro atoms. The number of methoxy groups -OCH3 is 2. The molecule has 0 saturated heterocycles. The van der Waals surface area contributed by atoms with E-state index in [9.17, 15) is 0 Å². The first kappa shape index (κ1) is 15.4. The molecule has 0 saturated carbocycles. The molecule has 1 aromatic carbocycles. The Bertz CT molecular complexity index is 587. The molecular weight excluding hydrogens is 268 g/mol. The molecule has 0 atom stereocenters. The molecule has 0 radical (unpaired) electrons. The van der Waals surface area contributed by atoms with Gasteiger partial charge in [-0.2, -0.15) is 0 Å². The van der Waals surface area contributed by atoms with Crippen LogP contribution >= 0.6 is 0 Å². The van der Waals surface area contributed by atoms with Gasteiger partial charge < -0.3 is 19.9 Å². The molecule has 1 heterocycles. The summed E-state index contributed by atoms with van der Waals surface area (Å²) in [5.74, 6) is 2.25. The third-order valence-electron chi connectivity index (χ3n) is 3.40. The molecule has 21 heavy (non-hydrogen) atoms. The van der Waals surface area contributed by atoms with Crippen LogP contribution < -0.4 is 14.8 Å². The highest BCUT2D eigenvalue weighted by molar-refractivity contribution is 5.94. The van der Waals surface area contributed by atoms with Gasteiger partial charge in [0.25, 0.3) is 0 Å². The average molecular weight is 290 g/mol. The molecule has 0 aliphatic carbocycles. The van der Waals surface area contributed by atoms with Gasteiger partial charge in [0.1, 0.15) is 5.82 Å². The predicted octanol–water partition coefficient (Wildman–Crippen LogP) is 2.83. The number of hydrogen-bond acceptors (Lipinski definition) is 5. The van der Waals surface area contributed by atoms with E-state index in [1.165, 1.54) is 0 Å². The summed E-state index contributed by atoms with van der Waals surface area (Å²) in [5.41, 5.74) is 0. The summed E-state index contributed by atoms with van der Waals surface area (Å²) in [7, 11) is 3.26. The van der Waals surface area contributed by atoms with Crippen LogP contribution in [0.2, 0.25) is 0 Å². The molecule has 2 N–H and O–H groups in total. The zero-order valence-electron chi connectivity index (χ0n) is 12.6. The number of nitrogens with zero attached hydrogens (tertiary/aromatic N) is 1. The number of anilines is 1. The number of nitrogens with one attached hydrogen (secondary N) is 1. The minimum absolute atomic E-state index is 0.253. The predicted molar refractivity (Wildman–Crippen MR) is 84.3 cm³/mol. The second-order valence-electron chi connectivity index (χ2n) is 4.80. The molecule has 5 heteroatoms. The average Bonchev–Trinajstić information content (AvgIpc) is 2.53. The van der Waals surface area contributed by atoms with E-state index in [1.54, 1.807) is 20.4 Å². The minimum Gasteiger partial charge on any atom is -0.493 e. The van der Waals surface area contributed by atoms with Crippen LogP contribution in [0.3, 0.4) is 0 Å². The molecule has 0 aliphatic heterocycles. The minimum atomic E-state index is 0.253. The third kappa shape index (κ3) is 3.76. The van der Waals surface area contributed by atoms with Crippen molar-refractivity contribution in [1.82, 2.24) is 4.98 Å². The standard InChI is InChI=1S/C16H22N2O3/c1-20-14-10-12-6-8-18-16(13(12)11-15(14)21-2)17-7-4-3-5-9-19/h6,8,10-11,19H,3-5,7,9H2,1-2H3,(H,17,18). The van der Waals surface area contributed by atoms with Gasteiger partial charge in [0, 0.05) is 24.7 Å². The van der Waals surface area contributed by atoms with Crippen molar-refractivity contribution < 1.29 is 14.6 Å². The molecule has 1 aromatic heterocycles. The molecule has 0 unspecified atom stereocenters. The van der Waals surface area contributed by atoms with Crippen molar-refractivity contribution in [3.8, 4) is 11.5 Å². The van der Waals surface area contributed by atoms with Gasteiger partial charge in [-0.25, -0.2) is 4.98 Å². The number of aliphatic hydroxyl groups excluding tert-OH is 1. The van der Waals surface area contributed by atoms with Gasteiger partial charge >= 0.3 is 0 Å². The fraction of sp³-hybridized carbons (Fsp3) is 0.438. The second-order valence-corrected chi connectivity index (χ2v) is 4.80. The number of aliphatic hydroxyl groups is 1. The first-order valence-electron chi connectivity index (χ1n) is 7.15. The normalized spacial score (nSPS) is 10.6. The largest absolute Gasteiger partial charge is 0.493 e. The van der Waals surface area contributed by atoms with Crippen molar-refractivity contribution in [3.63, 3.8) is 0 Å². The summed E-state index contributed by atoms with van der Waals surface area (Å²) >= 11 is 0. The molecule has 0 amide bonds. The van der Waals surface area contributed by atoms with Crippen molar-refractivity contribution in [2.45, 2.75) is 19.3 Å². The molecule has 114 valence electrons. The Hall–Kier alpha value is -2.01. The fourth-order valence-corrected chi connectivity index (χ4v) is 2.26. The van der Waals surface area contributed by atoms with E-state index in [0.29, 0.717) is 11.5 Å². The second kappa shape index (κ2) is 7.69. The van der Waals surface area contributed by atoms with E-state index in [0.717, 1.165) is 42.4 Å². The Labute approximate surface area is 124 Å². The molecule has 0 fully saturated rings. The van der Waals surface area contributed by atoms with Crippen molar-refractivity contribution in [2.75, 3.05) is 32.7 Å². The number of benzene rings is 1. The Morgan fingerprint density at radius 1 is 1.10 bits per heavy atom. The van der Waals surface area contributed by atoms with Crippen LogP contribution in [0.15, 0.2) is 24.4 Å². The van der Waals surface area contributed by atoms with Gasteiger partial charge in [-0.15, -0.1) is 0 Å². The SMILES string of the molecule is COc1cc2ccnc(NCCCCCO)c2cc1OC. The van der Waals surface area contributed by atoms with Gasteiger partial charge in [-0.3, -0.25) is 0 Å². The number of unbranched alkanes of at least 4 members (excludes halogenated alkanes) is 2. The quantitative estimate of drug-likeness (QED) is 0.732. The van der Waals surface area contributed by atoms with E-state index in [2.05, 4.69) is 10.3 Å². The van der Waals surface area contributed by atoms with Crippen LogP contribution in [0.1, 0.15) is 19.3 Å². The number of aromatic nitrogens is 1. The lowest BCUT2D eigenvalue weighted by Gasteiger charge is -2.12. The van der Waals surface area contributed by atoms with Crippen molar-refractivity contribution >= 4 is 16.6 Å². The summed E-state index contributed by atoms with van der Waals surface area (Å²) < 4.78 is 10.7. The molecule has 2 rings (SSSR count). The maximum atomic E-state index is 8.77. The van der Waals surface area contributed by atoms with E-state index < -0.39 is 0 Å². The van der Waals surface area contributed by atoms with Crippen molar-refractivity contribution in [3.05, 3.63) is 24.4 Å². The summed E-state index contributed by atoms with van der Waals surface area (Å²) in [4.78, 5) is 4.40. The molecule has 2 aromatic rings. The molecule has 0 aliphatic rings. The van der Waals surface area contributed by atoms with Crippen LogP contribution in [0.4, 0.5) is 5.82 Å². The third-order valence-corrected chi connectivity index (χ3v) is 3.40. The lowest BCUT2D eigenvalue weighted by Crippen LogP contribution is -2.04. The van der Waals surface area contributed by atoms with Crippen molar-refractivity contribution in [2.24, 2.45) is 0 Å². The van der Waals surface area contributed by atoms with E-state index in [4.69, 9.17) is 14.6 Å². The van der Waals surface area contributed by atoms with E-state index in [1.807, 2.05) is 18.2 Å². The van der Waals surface area contributed by atoms with Crippen LogP contribution in [0, 0.1) is 0 Å². The van der Waals surface area contributed by atoms with Gasteiger partial charge in [-0.1, -0.05) is 0 Å². The highest BCUT2D eigenvalue weighted by atomic mass is 16.5. The Balaban J connectivity index is 2.19. The van der Waals surface area contributed by atoms with E-state index >= 15 is 0 Å². The number of hydrogen-bond donors (Lipinski definition) is 2. The first-order chi connectivity index (χ1) is 10.3. The Kier molecular flexibility index (Phi) is 5.63. The summed E-state index contributed by atoms with van der Waals surface area (Å²) in [6.45, 7) is 1.09. The van der Waals surface area contributed by atoms with Crippen LogP contribution in [0.5, 0.6) is 11.5 Å². The van der Waals surface area contributed by atoms with E-state index in [-0.39, 0.29) is 6.61 Å². The Morgan fingerprint density at radius 2 is 1.86 bits per heavy atom. The van der Waals surface area contributed by atoms with Crippen LogP contribution in [0.25, 0.3) is 10.8 Å². The van der Waals surface area contributed by atoms with Gasteiger partial charge in [0.15, 0.2) is 11.5 Å². The zero-order valence-corrected chi connectivity index (χ0v) is 12.6. The van der Waals surface area contributed by atoms with Crippen LogP contribution in [-0.2, 0) is 0 Å². The molecular formula is C16H22N2O3. The lowest BCUT2D eigenvalue weighted by atomic mass is 10.1. The summed E-state index contributed by atoms with van der Waals surface area (Å²) in [6, 6.07) is 5.85. The first-order valence-corrected chi connectivity index (χ1v) is 7.15. The number of fused-ring (bicyclic) bond motifs is 1. The maximum absolute atomic E-state index is 8.77.